The highest BCUT2D eigenvalue weighted by Gasteiger charge is 2.26. The van der Waals surface area contributed by atoms with Crippen LogP contribution in [-0.4, -0.2) is 29.7 Å². The first-order chi connectivity index (χ1) is 9.02. The molecule has 0 heterocycles. The summed E-state index contributed by atoms with van der Waals surface area (Å²) in [5.41, 5.74) is -0.917. The van der Waals surface area contributed by atoms with Crippen molar-refractivity contribution in [1.82, 2.24) is 0 Å². The number of nitro groups is 1. The molecule has 7 nitrogen and oxygen atoms in total. The molecule has 1 aliphatic rings. The molecule has 1 saturated carbocycles. The summed E-state index contributed by atoms with van der Waals surface area (Å²) in [6.07, 6.45) is 2.16. The molecule has 1 fully saturated rings. The molecular formula is C12H13NO6. The summed E-state index contributed by atoms with van der Waals surface area (Å²) in [4.78, 5) is 21.1. The first-order valence-corrected chi connectivity index (χ1v) is 5.75. The molecule has 19 heavy (non-hydrogen) atoms. The fourth-order valence-electron chi connectivity index (χ4n) is 1.64. The third kappa shape index (κ3) is 2.93. The fourth-order valence-corrected chi connectivity index (χ4v) is 1.64. The second kappa shape index (κ2) is 5.13. The lowest BCUT2D eigenvalue weighted by molar-refractivity contribution is -0.385. The first kappa shape index (κ1) is 13.1. The van der Waals surface area contributed by atoms with E-state index < -0.39 is 22.1 Å². The molecule has 0 unspecified atom stereocenters. The minimum atomic E-state index is -1.38. The molecule has 2 rings (SSSR count). The maximum absolute atomic E-state index is 11.0. The highest BCUT2D eigenvalue weighted by Crippen LogP contribution is 2.37. The van der Waals surface area contributed by atoms with Gasteiger partial charge in [-0.25, -0.2) is 4.79 Å². The topological polar surface area (TPSA) is 98.9 Å². The number of carboxylic acid groups (broad SMARTS) is 1. The fraction of sp³-hybridized carbons (Fsp3) is 0.417. The van der Waals surface area contributed by atoms with Crippen molar-refractivity contribution in [2.45, 2.75) is 12.8 Å². The second-order valence-electron chi connectivity index (χ2n) is 4.34. The molecule has 1 N–H and O–H groups in total. The molecule has 1 aromatic carbocycles. The van der Waals surface area contributed by atoms with Crippen LogP contribution >= 0.6 is 0 Å². The van der Waals surface area contributed by atoms with Crippen molar-refractivity contribution in [1.29, 1.82) is 0 Å². The van der Waals surface area contributed by atoms with E-state index in [-0.39, 0.29) is 11.5 Å². The molecular weight excluding hydrogens is 254 g/mol. The van der Waals surface area contributed by atoms with Gasteiger partial charge >= 0.3 is 5.97 Å². The zero-order valence-corrected chi connectivity index (χ0v) is 10.3. The highest BCUT2D eigenvalue weighted by atomic mass is 16.6. The van der Waals surface area contributed by atoms with Crippen LogP contribution in [0.4, 0.5) is 5.69 Å². The van der Waals surface area contributed by atoms with Crippen LogP contribution in [0.15, 0.2) is 12.1 Å². The lowest BCUT2D eigenvalue weighted by atomic mass is 10.1. The van der Waals surface area contributed by atoms with Gasteiger partial charge in [0.2, 0.25) is 0 Å². The number of carboxylic acids is 1. The molecule has 0 atom stereocenters. The largest absolute Gasteiger partial charge is 0.493 e. The molecule has 0 saturated heterocycles. The zero-order valence-electron chi connectivity index (χ0n) is 10.3. The predicted molar refractivity (Wildman–Crippen MR) is 64.8 cm³/mol. The number of carbonyl (C=O) groups is 1. The van der Waals surface area contributed by atoms with Crippen molar-refractivity contribution in [2.75, 3.05) is 13.7 Å². The molecule has 7 heteroatoms. The highest BCUT2D eigenvalue weighted by molar-refractivity contribution is 5.93. The van der Waals surface area contributed by atoms with Gasteiger partial charge in [-0.15, -0.1) is 0 Å². The number of hydrogen-bond donors (Lipinski definition) is 1. The van der Waals surface area contributed by atoms with Crippen LogP contribution in [0, 0.1) is 16.0 Å². The molecule has 0 amide bonds. The van der Waals surface area contributed by atoms with Crippen molar-refractivity contribution >= 4 is 11.7 Å². The average molecular weight is 267 g/mol. The van der Waals surface area contributed by atoms with Gasteiger partial charge < -0.3 is 14.6 Å². The monoisotopic (exact) mass is 267 g/mol. The molecule has 0 spiro atoms. The SMILES string of the molecule is COc1cc(C(=O)O)c([N+](=O)[O-])cc1OCC1CC1. The molecule has 1 aromatic rings. The third-order valence-electron chi connectivity index (χ3n) is 2.88. The molecule has 1 aliphatic carbocycles. The summed E-state index contributed by atoms with van der Waals surface area (Å²) in [7, 11) is 1.36. The smallest absolute Gasteiger partial charge is 0.342 e. The third-order valence-corrected chi connectivity index (χ3v) is 2.88. The zero-order chi connectivity index (χ0) is 14.0. The Morgan fingerprint density at radius 2 is 2.16 bits per heavy atom. The molecule has 0 aromatic heterocycles. The second-order valence-corrected chi connectivity index (χ2v) is 4.34. The minimum Gasteiger partial charge on any atom is -0.493 e. The maximum atomic E-state index is 11.0. The van der Waals surface area contributed by atoms with E-state index in [1.165, 1.54) is 7.11 Å². The number of rotatable bonds is 6. The Balaban J connectivity index is 2.37. The lowest BCUT2D eigenvalue weighted by Gasteiger charge is -2.11. The Hall–Kier alpha value is -2.31. The Labute approximate surface area is 108 Å². The summed E-state index contributed by atoms with van der Waals surface area (Å²) in [5, 5.41) is 19.8. The number of ether oxygens (including phenoxy) is 2. The normalized spacial score (nSPS) is 13.9. The molecule has 0 aliphatic heterocycles. The standard InChI is InChI=1S/C12H13NO6/c1-18-10-4-8(12(14)15)9(13(16)17)5-11(10)19-6-7-2-3-7/h4-5,7H,2-3,6H2,1H3,(H,14,15). The number of methoxy groups -OCH3 is 1. The van der Waals surface area contributed by atoms with Gasteiger partial charge in [-0.2, -0.15) is 0 Å². The molecule has 0 bridgehead atoms. The van der Waals surface area contributed by atoms with E-state index in [0.717, 1.165) is 25.0 Å². The van der Waals surface area contributed by atoms with Crippen molar-refractivity contribution in [3.63, 3.8) is 0 Å². The predicted octanol–water partition coefficient (Wildman–Crippen LogP) is 2.09. The van der Waals surface area contributed by atoms with Crippen molar-refractivity contribution in [3.05, 3.63) is 27.8 Å². The molecule has 0 radical (unpaired) electrons. The number of nitro benzene ring substituents is 1. The lowest BCUT2D eigenvalue weighted by Crippen LogP contribution is -2.06. The van der Waals surface area contributed by atoms with Crippen molar-refractivity contribution < 1.29 is 24.3 Å². The summed E-state index contributed by atoms with van der Waals surface area (Å²) in [6, 6.07) is 2.22. The van der Waals surface area contributed by atoms with E-state index >= 15 is 0 Å². The van der Waals surface area contributed by atoms with E-state index in [1.807, 2.05) is 0 Å². The van der Waals surface area contributed by atoms with Crippen molar-refractivity contribution in [3.8, 4) is 11.5 Å². The summed E-state index contributed by atoms with van der Waals surface area (Å²) >= 11 is 0. The van der Waals surface area contributed by atoms with Crippen LogP contribution in [0.5, 0.6) is 11.5 Å². The number of benzene rings is 1. The summed E-state index contributed by atoms with van der Waals surface area (Å²) < 4.78 is 10.5. The Morgan fingerprint density at radius 1 is 1.47 bits per heavy atom. The van der Waals surface area contributed by atoms with Crippen LogP contribution in [0.1, 0.15) is 23.2 Å². The molecule has 102 valence electrons. The number of hydrogen-bond acceptors (Lipinski definition) is 5. The van der Waals surface area contributed by atoms with Crippen LogP contribution in [0.3, 0.4) is 0 Å². The summed E-state index contributed by atoms with van der Waals surface area (Å²) in [6.45, 7) is 0.458. The van der Waals surface area contributed by atoms with E-state index in [0.29, 0.717) is 12.5 Å². The van der Waals surface area contributed by atoms with Gasteiger partial charge in [-0.3, -0.25) is 10.1 Å². The van der Waals surface area contributed by atoms with Crippen LogP contribution in [0.2, 0.25) is 0 Å². The van der Waals surface area contributed by atoms with E-state index in [1.54, 1.807) is 0 Å². The Bertz CT molecular complexity index is 523. The van der Waals surface area contributed by atoms with Crippen LogP contribution in [-0.2, 0) is 0 Å². The van der Waals surface area contributed by atoms with E-state index in [9.17, 15) is 14.9 Å². The van der Waals surface area contributed by atoms with Gasteiger partial charge in [0.15, 0.2) is 11.5 Å². The van der Waals surface area contributed by atoms with Crippen LogP contribution in [0.25, 0.3) is 0 Å². The average Bonchev–Trinajstić information content (AvgIpc) is 3.18. The van der Waals surface area contributed by atoms with Gasteiger partial charge in [-0.1, -0.05) is 0 Å². The minimum absolute atomic E-state index is 0.184. The van der Waals surface area contributed by atoms with Gasteiger partial charge in [0.1, 0.15) is 5.56 Å². The Morgan fingerprint density at radius 3 is 2.63 bits per heavy atom. The Kier molecular flexibility index (Phi) is 3.55. The van der Waals surface area contributed by atoms with Crippen LogP contribution < -0.4 is 9.47 Å². The van der Waals surface area contributed by atoms with E-state index in [2.05, 4.69) is 0 Å². The number of aromatic carboxylic acids is 1. The number of nitrogens with zero attached hydrogens (tertiary/aromatic N) is 1. The van der Waals surface area contributed by atoms with Crippen molar-refractivity contribution in [2.24, 2.45) is 5.92 Å². The van der Waals surface area contributed by atoms with Gasteiger partial charge in [0, 0.05) is 6.07 Å². The summed E-state index contributed by atoms with van der Waals surface area (Å²) in [5.74, 6) is -0.517. The van der Waals surface area contributed by atoms with Gasteiger partial charge in [0.25, 0.3) is 5.69 Å². The van der Waals surface area contributed by atoms with Gasteiger partial charge in [-0.05, 0) is 18.8 Å². The maximum Gasteiger partial charge on any atom is 0.342 e. The van der Waals surface area contributed by atoms with Gasteiger partial charge in [0.05, 0.1) is 24.7 Å². The van der Waals surface area contributed by atoms with E-state index in [4.69, 9.17) is 14.6 Å². The first-order valence-electron chi connectivity index (χ1n) is 5.75. The quantitative estimate of drug-likeness (QED) is 0.625.